The molecule has 1 atom stereocenters. The Kier molecular flexibility index (Phi) is 5.58. The summed E-state index contributed by atoms with van der Waals surface area (Å²) in [5, 5.41) is 0.917. The monoisotopic (exact) mass is 380 g/mol. The molecule has 1 aliphatic heterocycles. The van der Waals surface area contributed by atoms with Gasteiger partial charge in [0.1, 0.15) is 18.1 Å². The summed E-state index contributed by atoms with van der Waals surface area (Å²) in [6.07, 6.45) is 6.96. The lowest BCUT2D eigenvalue weighted by atomic mass is 10.0. The molecule has 1 unspecified atom stereocenters. The molecule has 1 fully saturated rings. The molecular weight excluding hydrogens is 356 g/mol. The van der Waals surface area contributed by atoms with Crippen LogP contribution >= 0.6 is 0 Å². The van der Waals surface area contributed by atoms with Crippen LogP contribution in [-0.4, -0.2) is 29.9 Å². The largest absolute Gasteiger partial charge is 0.497 e. The van der Waals surface area contributed by atoms with Crippen LogP contribution < -0.4 is 15.0 Å². The smallest absolute Gasteiger partial charge is 0.250 e. The lowest BCUT2D eigenvalue weighted by molar-refractivity contribution is 0.0145. The highest BCUT2D eigenvalue weighted by atomic mass is 16.5. The predicted molar refractivity (Wildman–Crippen MR) is 107 cm³/mol. The fourth-order valence-electron chi connectivity index (χ4n) is 3.53. The van der Waals surface area contributed by atoms with Crippen LogP contribution in [0.5, 0.6) is 11.5 Å². The number of ether oxygens (including phenoxy) is 3. The van der Waals surface area contributed by atoms with Gasteiger partial charge in [-0.2, -0.15) is 0 Å². The van der Waals surface area contributed by atoms with Crippen LogP contribution in [0.25, 0.3) is 10.9 Å². The van der Waals surface area contributed by atoms with E-state index in [1.807, 2.05) is 36.5 Å². The van der Waals surface area contributed by atoms with Gasteiger partial charge in [0.15, 0.2) is 0 Å². The maximum absolute atomic E-state index is 12.2. The summed E-state index contributed by atoms with van der Waals surface area (Å²) in [6.45, 7) is 1.65. The SMILES string of the molecule is COc1ccc2c(OCCn3cc(C4CCCCO4)ccc3=O)ccnc2c1. The molecule has 1 aliphatic rings. The first-order chi connectivity index (χ1) is 13.7. The van der Waals surface area contributed by atoms with Crippen LogP contribution in [0.2, 0.25) is 0 Å². The lowest BCUT2D eigenvalue weighted by Crippen LogP contribution is -2.23. The van der Waals surface area contributed by atoms with Crippen molar-refractivity contribution in [2.24, 2.45) is 0 Å². The van der Waals surface area contributed by atoms with Gasteiger partial charge in [-0.1, -0.05) is 0 Å². The van der Waals surface area contributed by atoms with Gasteiger partial charge in [0.2, 0.25) is 0 Å². The van der Waals surface area contributed by atoms with E-state index in [0.717, 1.165) is 53.8 Å². The maximum atomic E-state index is 12.2. The van der Waals surface area contributed by atoms with Gasteiger partial charge in [-0.05, 0) is 49.1 Å². The Balaban J connectivity index is 1.46. The molecule has 146 valence electrons. The molecule has 0 radical (unpaired) electrons. The molecule has 28 heavy (non-hydrogen) atoms. The molecule has 1 saturated heterocycles. The zero-order valence-corrected chi connectivity index (χ0v) is 16.0. The number of rotatable bonds is 6. The number of benzene rings is 1. The molecular formula is C22H24N2O4. The van der Waals surface area contributed by atoms with Gasteiger partial charge in [0.05, 0.1) is 25.3 Å². The molecule has 2 aromatic heterocycles. The number of pyridine rings is 2. The number of aromatic nitrogens is 2. The van der Waals surface area contributed by atoms with Gasteiger partial charge in [-0.25, -0.2) is 0 Å². The highest BCUT2D eigenvalue weighted by Gasteiger charge is 2.16. The van der Waals surface area contributed by atoms with E-state index in [4.69, 9.17) is 14.2 Å². The van der Waals surface area contributed by atoms with Gasteiger partial charge >= 0.3 is 0 Å². The van der Waals surface area contributed by atoms with Crippen LogP contribution in [0, 0.1) is 0 Å². The average Bonchev–Trinajstić information content (AvgIpc) is 2.75. The van der Waals surface area contributed by atoms with Crippen LogP contribution in [-0.2, 0) is 11.3 Å². The molecule has 6 nitrogen and oxygen atoms in total. The predicted octanol–water partition coefficient (Wildman–Crippen LogP) is 3.73. The van der Waals surface area contributed by atoms with E-state index in [1.165, 1.54) is 0 Å². The van der Waals surface area contributed by atoms with Gasteiger partial charge in [0, 0.05) is 36.5 Å². The number of methoxy groups -OCH3 is 1. The first-order valence-electron chi connectivity index (χ1n) is 9.62. The van der Waals surface area contributed by atoms with E-state index in [0.29, 0.717) is 13.2 Å². The highest BCUT2D eigenvalue weighted by Crippen LogP contribution is 2.28. The van der Waals surface area contributed by atoms with Crippen LogP contribution in [0.4, 0.5) is 0 Å². The van der Waals surface area contributed by atoms with Crippen molar-refractivity contribution in [3.8, 4) is 11.5 Å². The molecule has 1 aromatic carbocycles. The lowest BCUT2D eigenvalue weighted by Gasteiger charge is -2.23. The van der Waals surface area contributed by atoms with Crippen LogP contribution in [0.15, 0.2) is 53.6 Å². The summed E-state index contributed by atoms with van der Waals surface area (Å²) < 4.78 is 18.7. The molecule has 0 N–H and O–H groups in total. The normalized spacial score (nSPS) is 16.8. The first-order valence-corrected chi connectivity index (χ1v) is 9.62. The molecule has 0 saturated carbocycles. The third-order valence-corrected chi connectivity index (χ3v) is 5.06. The molecule has 6 heteroatoms. The molecule has 3 aromatic rings. The van der Waals surface area contributed by atoms with E-state index in [1.54, 1.807) is 23.9 Å². The summed E-state index contributed by atoms with van der Waals surface area (Å²) in [7, 11) is 1.63. The summed E-state index contributed by atoms with van der Waals surface area (Å²) in [5.74, 6) is 1.50. The number of nitrogens with zero attached hydrogens (tertiary/aromatic N) is 2. The fraction of sp³-hybridized carbons (Fsp3) is 0.364. The van der Waals surface area contributed by atoms with Crippen molar-refractivity contribution in [1.29, 1.82) is 0 Å². The summed E-state index contributed by atoms with van der Waals surface area (Å²) in [6, 6.07) is 11.0. The zero-order valence-electron chi connectivity index (χ0n) is 16.0. The first kappa shape index (κ1) is 18.5. The second-order valence-electron chi connectivity index (χ2n) is 6.89. The van der Waals surface area contributed by atoms with Crippen LogP contribution in [0.1, 0.15) is 30.9 Å². The molecule has 3 heterocycles. The second kappa shape index (κ2) is 8.44. The van der Waals surface area contributed by atoms with E-state index < -0.39 is 0 Å². The molecule has 0 aliphatic carbocycles. The molecule has 0 bridgehead atoms. The Bertz CT molecular complexity index is 1010. The Morgan fingerprint density at radius 1 is 1.21 bits per heavy atom. The van der Waals surface area contributed by atoms with Crippen molar-refractivity contribution >= 4 is 10.9 Å². The van der Waals surface area contributed by atoms with Crippen LogP contribution in [0.3, 0.4) is 0 Å². The minimum Gasteiger partial charge on any atom is -0.497 e. The second-order valence-corrected chi connectivity index (χ2v) is 6.89. The quantitative estimate of drug-likeness (QED) is 0.652. The minimum absolute atomic E-state index is 0.0347. The standard InChI is InChI=1S/C22H24N2O4/c1-26-17-6-7-18-19(14-17)23-10-9-21(18)28-13-11-24-15-16(5-8-22(24)25)20-4-2-3-12-27-20/h5-10,14-15,20H,2-4,11-13H2,1H3. The minimum atomic E-state index is -0.0347. The van der Waals surface area contributed by atoms with E-state index in [-0.39, 0.29) is 11.7 Å². The summed E-state index contributed by atoms with van der Waals surface area (Å²) >= 11 is 0. The Hall–Kier alpha value is -2.86. The number of hydrogen-bond acceptors (Lipinski definition) is 5. The Labute approximate surface area is 163 Å². The van der Waals surface area contributed by atoms with Crippen molar-refractivity contribution in [2.45, 2.75) is 31.9 Å². The maximum Gasteiger partial charge on any atom is 0.250 e. The van der Waals surface area contributed by atoms with Gasteiger partial charge in [-0.3, -0.25) is 9.78 Å². The zero-order chi connectivity index (χ0) is 19.3. The fourth-order valence-corrected chi connectivity index (χ4v) is 3.53. The summed E-state index contributed by atoms with van der Waals surface area (Å²) in [4.78, 5) is 16.6. The van der Waals surface area contributed by atoms with Crippen molar-refractivity contribution in [3.63, 3.8) is 0 Å². The average molecular weight is 380 g/mol. The van der Waals surface area contributed by atoms with Crippen molar-refractivity contribution in [3.05, 3.63) is 64.7 Å². The molecule has 0 spiro atoms. The van der Waals surface area contributed by atoms with Gasteiger partial charge in [0.25, 0.3) is 5.56 Å². The van der Waals surface area contributed by atoms with Gasteiger partial charge < -0.3 is 18.8 Å². The summed E-state index contributed by atoms with van der Waals surface area (Å²) in [5.41, 5.74) is 1.83. The number of hydrogen-bond donors (Lipinski definition) is 0. The third kappa shape index (κ3) is 4.02. The highest BCUT2D eigenvalue weighted by molar-refractivity contribution is 5.85. The molecule has 0 amide bonds. The van der Waals surface area contributed by atoms with E-state index in [2.05, 4.69) is 4.98 Å². The van der Waals surface area contributed by atoms with E-state index in [9.17, 15) is 4.79 Å². The van der Waals surface area contributed by atoms with Crippen molar-refractivity contribution in [1.82, 2.24) is 9.55 Å². The van der Waals surface area contributed by atoms with Crippen molar-refractivity contribution in [2.75, 3.05) is 20.3 Å². The third-order valence-electron chi connectivity index (χ3n) is 5.06. The van der Waals surface area contributed by atoms with Crippen molar-refractivity contribution < 1.29 is 14.2 Å². The number of fused-ring (bicyclic) bond motifs is 1. The Morgan fingerprint density at radius 2 is 2.14 bits per heavy atom. The Morgan fingerprint density at radius 3 is 2.96 bits per heavy atom. The molecule has 4 rings (SSSR count). The van der Waals surface area contributed by atoms with E-state index >= 15 is 0 Å². The van der Waals surface area contributed by atoms with Gasteiger partial charge in [-0.15, -0.1) is 0 Å². The topological polar surface area (TPSA) is 62.6 Å².